The van der Waals surface area contributed by atoms with Gasteiger partial charge in [0, 0.05) is 25.1 Å². The Bertz CT molecular complexity index is 1240. The number of aromatic nitrogens is 2. The van der Waals surface area contributed by atoms with Gasteiger partial charge >= 0.3 is 0 Å². The van der Waals surface area contributed by atoms with Crippen molar-refractivity contribution >= 4 is 23.5 Å². The van der Waals surface area contributed by atoms with Crippen LogP contribution in [0.2, 0.25) is 0 Å². The number of hydrogen-bond donors (Lipinski definition) is 2. The van der Waals surface area contributed by atoms with Crippen molar-refractivity contribution < 1.29 is 14.6 Å². The molecule has 0 fully saturated rings. The van der Waals surface area contributed by atoms with Gasteiger partial charge in [0.2, 0.25) is 5.91 Å². The van der Waals surface area contributed by atoms with Crippen molar-refractivity contribution in [3.05, 3.63) is 75.1 Å². The average molecular weight is 452 g/mol. The maximum atomic E-state index is 13.1. The second-order valence-corrected chi connectivity index (χ2v) is 8.71. The van der Waals surface area contributed by atoms with Gasteiger partial charge in [-0.1, -0.05) is 47.7 Å². The Morgan fingerprint density at radius 2 is 2.06 bits per heavy atom. The van der Waals surface area contributed by atoms with Crippen LogP contribution in [-0.2, 0) is 17.6 Å². The van der Waals surface area contributed by atoms with E-state index in [2.05, 4.69) is 16.4 Å². The van der Waals surface area contributed by atoms with Crippen LogP contribution >= 0.6 is 11.8 Å². The molecule has 0 spiro atoms. The molecule has 166 valence electrons. The fraction of sp³-hybridized carbons (Fsp3) is 0.292. The van der Waals surface area contributed by atoms with Crippen LogP contribution < -0.4 is 15.6 Å². The molecular formula is C24H25N3O4S. The molecule has 8 heteroatoms. The number of nitrogens with zero attached hydrogens (tertiary/aromatic N) is 2. The van der Waals surface area contributed by atoms with Crippen LogP contribution in [0.25, 0.3) is 0 Å². The van der Waals surface area contributed by atoms with E-state index in [9.17, 15) is 14.7 Å². The number of benzene rings is 2. The lowest BCUT2D eigenvalue weighted by Gasteiger charge is -2.27. The standard InChI is InChI=1S/C24H25N3O4S/c1-4-31-19-11-16(8-9-18(19)28)17-12-20(29)25-22-21(17)23(30)26-24(27(22)3)32-13-15-7-5-6-14(2)10-15/h5-11,17,28H,4,12-13H2,1-3H3,(H,25,29)/t17-/m1/s1. The molecule has 32 heavy (non-hydrogen) atoms. The van der Waals surface area contributed by atoms with Crippen LogP contribution in [0.3, 0.4) is 0 Å². The fourth-order valence-corrected chi connectivity index (χ4v) is 4.83. The zero-order chi connectivity index (χ0) is 22.8. The number of carbonyl (C=O) groups excluding carboxylic acids is 1. The number of aryl methyl sites for hydroxylation is 1. The first-order chi connectivity index (χ1) is 15.4. The van der Waals surface area contributed by atoms with Crippen molar-refractivity contribution in [3.8, 4) is 11.5 Å². The number of fused-ring (bicyclic) bond motifs is 1. The zero-order valence-electron chi connectivity index (χ0n) is 18.2. The summed E-state index contributed by atoms with van der Waals surface area (Å²) in [5, 5.41) is 13.4. The number of phenols is 1. The van der Waals surface area contributed by atoms with Crippen molar-refractivity contribution in [1.82, 2.24) is 9.55 Å². The molecule has 2 N–H and O–H groups in total. The van der Waals surface area contributed by atoms with Gasteiger partial charge in [0.25, 0.3) is 5.56 Å². The molecule has 1 aliphatic rings. The third-order valence-electron chi connectivity index (χ3n) is 5.44. The molecule has 0 saturated heterocycles. The van der Waals surface area contributed by atoms with Crippen molar-refractivity contribution in [3.63, 3.8) is 0 Å². The van der Waals surface area contributed by atoms with Crippen LogP contribution in [0.1, 0.15) is 41.5 Å². The van der Waals surface area contributed by atoms with Gasteiger partial charge in [0.15, 0.2) is 16.7 Å². The van der Waals surface area contributed by atoms with E-state index in [0.717, 1.165) is 11.1 Å². The molecule has 0 unspecified atom stereocenters. The maximum absolute atomic E-state index is 13.1. The quantitative estimate of drug-likeness (QED) is 0.435. The minimum Gasteiger partial charge on any atom is -0.504 e. The molecule has 2 heterocycles. The fourth-order valence-electron chi connectivity index (χ4n) is 3.92. The second-order valence-electron chi connectivity index (χ2n) is 7.76. The highest BCUT2D eigenvalue weighted by molar-refractivity contribution is 7.98. The largest absolute Gasteiger partial charge is 0.504 e. The van der Waals surface area contributed by atoms with Crippen LogP contribution in [0.5, 0.6) is 11.5 Å². The normalized spacial score (nSPS) is 15.2. The summed E-state index contributed by atoms with van der Waals surface area (Å²) < 4.78 is 7.25. The number of thioether (sulfide) groups is 1. The lowest BCUT2D eigenvalue weighted by atomic mass is 9.86. The Kier molecular flexibility index (Phi) is 6.23. The molecule has 7 nitrogen and oxygen atoms in total. The van der Waals surface area contributed by atoms with Gasteiger partial charge in [-0.2, -0.15) is 4.98 Å². The van der Waals surface area contributed by atoms with E-state index < -0.39 is 5.92 Å². The van der Waals surface area contributed by atoms with Crippen LogP contribution in [0, 0.1) is 6.92 Å². The molecule has 2 aromatic carbocycles. The number of nitrogens with one attached hydrogen (secondary N) is 1. The Morgan fingerprint density at radius 3 is 2.81 bits per heavy atom. The number of aromatic hydroxyl groups is 1. The van der Waals surface area contributed by atoms with Crippen molar-refractivity contribution in [1.29, 1.82) is 0 Å². The molecule has 1 aliphatic heterocycles. The predicted octanol–water partition coefficient (Wildman–Crippen LogP) is 3.96. The first kappa shape index (κ1) is 22.0. The van der Waals surface area contributed by atoms with Gasteiger partial charge in [-0.3, -0.25) is 9.59 Å². The molecule has 3 aromatic rings. The first-order valence-corrected chi connectivity index (χ1v) is 11.4. The van der Waals surface area contributed by atoms with Crippen LogP contribution in [-0.4, -0.2) is 27.2 Å². The molecule has 1 amide bonds. The van der Waals surface area contributed by atoms with Gasteiger partial charge in [0.05, 0.1) is 12.2 Å². The van der Waals surface area contributed by atoms with E-state index in [1.807, 2.05) is 32.0 Å². The smallest absolute Gasteiger partial charge is 0.279 e. The van der Waals surface area contributed by atoms with Crippen LogP contribution in [0.4, 0.5) is 5.82 Å². The van der Waals surface area contributed by atoms with E-state index >= 15 is 0 Å². The number of ether oxygens (including phenoxy) is 1. The minimum absolute atomic E-state index is 0.0185. The Balaban J connectivity index is 1.71. The minimum atomic E-state index is -0.472. The van der Waals surface area contributed by atoms with Crippen molar-refractivity contribution in [2.75, 3.05) is 11.9 Å². The monoisotopic (exact) mass is 451 g/mol. The van der Waals surface area contributed by atoms with Crippen molar-refractivity contribution in [2.24, 2.45) is 7.05 Å². The number of hydrogen-bond acceptors (Lipinski definition) is 6. The maximum Gasteiger partial charge on any atom is 0.279 e. The Morgan fingerprint density at radius 1 is 1.25 bits per heavy atom. The molecule has 1 atom stereocenters. The lowest BCUT2D eigenvalue weighted by molar-refractivity contribution is -0.116. The average Bonchev–Trinajstić information content (AvgIpc) is 2.76. The summed E-state index contributed by atoms with van der Waals surface area (Å²) in [5.74, 6) is 0.819. The lowest BCUT2D eigenvalue weighted by Crippen LogP contribution is -2.33. The third kappa shape index (κ3) is 4.36. The van der Waals surface area contributed by atoms with E-state index in [-0.39, 0.29) is 23.6 Å². The number of phenolic OH excluding ortho intramolecular Hbond substituents is 1. The van der Waals surface area contributed by atoms with Gasteiger partial charge < -0.3 is 19.7 Å². The highest BCUT2D eigenvalue weighted by atomic mass is 32.2. The topological polar surface area (TPSA) is 93.5 Å². The summed E-state index contributed by atoms with van der Waals surface area (Å²) >= 11 is 1.45. The van der Waals surface area contributed by atoms with Crippen molar-refractivity contribution in [2.45, 2.75) is 37.1 Å². The molecule has 0 saturated carbocycles. The number of anilines is 1. The Labute approximate surface area is 190 Å². The zero-order valence-corrected chi connectivity index (χ0v) is 19.0. The van der Waals surface area contributed by atoms with Gasteiger partial charge in [0.1, 0.15) is 5.82 Å². The van der Waals surface area contributed by atoms with E-state index in [0.29, 0.717) is 34.6 Å². The number of amides is 1. The summed E-state index contributed by atoms with van der Waals surface area (Å²) in [6, 6.07) is 13.1. The summed E-state index contributed by atoms with van der Waals surface area (Å²) in [4.78, 5) is 30.0. The highest BCUT2D eigenvalue weighted by Gasteiger charge is 2.32. The van der Waals surface area contributed by atoms with Crippen LogP contribution in [0.15, 0.2) is 52.4 Å². The van der Waals surface area contributed by atoms with E-state index in [1.54, 1.807) is 23.7 Å². The van der Waals surface area contributed by atoms with E-state index in [4.69, 9.17) is 4.74 Å². The number of rotatable bonds is 6. The molecule has 4 rings (SSSR count). The number of carbonyl (C=O) groups is 1. The van der Waals surface area contributed by atoms with Gasteiger partial charge in [-0.25, -0.2) is 0 Å². The highest BCUT2D eigenvalue weighted by Crippen LogP contribution is 2.39. The summed E-state index contributed by atoms with van der Waals surface area (Å²) in [7, 11) is 1.80. The molecule has 0 bridgehead atoms. The third-order valence-corrected chi connectivity index (χ3v) is 6.54. The van der Waals surface area contributed by atoms with Gasteiger partial charge in [-0.15, -0.1) is 0 Å². The summed E-state index contributed by atoms with van der Waals surface area (Å²) in [5.41, 5.74) is 3.12. The molecule has 1 aromatic heterocycles. The van der Waals surface area contributed by atoms with E-state index in [1.165, 1.54) is 23.4 Å². The second kappa shape index (κ2) is 9.08. The predicted molar refractivity (Wildman–Crippen MR) is 125 cm³/mol. The Hall–Kier alpha value is -3.26. The summed E-state index contributed by atoms with van der Waals surface area (Å²) in [6.45, 7) is 4.26. The SMILES string of the molecule is CCOc1cc([C@H]2CC(=O)Nc3c2c(=O)nc(SCc2cccc(C)c2)n3C)ccc1O. The molecule has 0 aliphatic carbocycles. The molecular weight excluding hydrogens is 426 g/mol. The molecule has 0 radical (unpaired) electrons. The van der Waals surface area contributed by atoms with Gasteiger partial charge in [-0.05, 0) is 37.1 Å². The summed E-state index contributed by atoms with van der Waals surface area (Å²) in [6.07, 6.45) is 0.121. The first-order valence-electron chi connectivity index (χ1n) is 10.4.